The molecule has 1 aromatic carbocycles. The van der Waals surface area contributed by atoms with Crippen LogP contribution in [0.5, 0.6) is 0 Å². The minimum atomic E-state index is -0.840. The fourth-order valence-electron chi connectivity index (χ4n) is 1.90. The summed E-state index contributed by atoms with van der Waals surface area (Å²) in [6.45, 7) is 0.387. The van der Waals surface area contributed by atoms with Crippen molar-refractivity contribution in [3.8, 4) is 0 Å². The van der Waals surface area contributed by atoms with Crippen LogP contribution in [0.4, 0.5) is 0 Å². The molecule has 17 heavy (non-hydrogen) atoms. The van der Waals surface area contributed by atoms with Gasteiger partial charge in [-0.25, -0.2) is 0 Å². The number of ether oxygens (including phenoxy) is 1. The summed E-state index contributed by atoms with van der Waals surface area (Å²) in [4.78, 5) is 11.2. The van der Waals surface area contributed by atoms with Gasteiger partial charge < -0.3 is 20.1 Å². The number of carbonyl (C=O) groups is 1. The zero-order valence-corrected chi connectivity index (χ0v) is 9.55. The van der Waals surface area contributed by atoms with E-state index >= 15 is 0 Å². The Morgan fingerprint density at radius 3 is 3.18 bits per heavy atom. The van der Waals surface area contributed by atoms with Crippen molar-refractivity contribution in [1.82, 2.24) is 0 Å². The summed E-state index contributed by atoms with van der Waals surface area (Å²) in [5.74, 6) is -0.429. The number of esters is 1. The quantitative estimate of drug-likeness (QED) is 0.516. The predicted octanol–water partition coefficient (Wildman–Crippen LogP) is -1.05. The minimum Gasteiger partial charge on any atom is -0.468 e. The normalized spacial score (nSPS) is 15.6. The molecule has 0 amide bonds. The molecule has 1 aliphatic heterocycles. The number of hydrogen-bond donors (Lipinski definition) is 2. The van der Waals surface area contributed by atoms with Gasteiger partial charge in [-0.2, -0.15) is 0 Å². The number of fused-ring (bicyclic) bond motifs is 1. The third kappa shape index (κ3) is 2.49. The van der Waals surface area contributed by atoms with Crippen LogP contribution >= 0.6 is 0 Å². The SMILES string of the molecule is COC(=O)C(N)Cc1ccc2c(c1)COB2O. The first kappa shape index (κ1) is 12.1. The van der Waals surface area contributed by atoms with Gasteiger partial charge >= 0.3 is 13.1 Å². The molecule has 0 bridgehead atoms. The van der Waals surface area contributed by atoms with Gasteiger partial charge in [0.05, 0.1) is 13.7 Å². The van der Waals surface area contributed by atoms with E-state index in [1.54, 1.807) is 6.07 Å². The molecule has 2 rings (SSSR count). The maximum absolute atomic E-state index is 11.2. The average molecular weight is 235 g/mol. The lowest BCUT2D eigenvalue weighted by molar-refractivity contribution is -0.142. The topological polar surface area (TPSA) is 81.8 Å². The minimum absolute atomic E-state index is 0.387. The highest BCUT2D eigenvalue weighted by atomic mass is 16.5. The fourth-order valence-corrected chi connectivity index (χ4v) is 1.90. The average Bonchev–Trinajstić information content (AvgIpc) is 2.69. The van der Waals surface area contributed by atoms with E-state index in [9.17, 15) is 9.82 Å². The summed E-state index contributed by atoms with van der Waals surface area (Å²) >= 11 is 0. The molecule has 0 aliphatic carbocycles. The molecule has 1 unspecified atom stereocenters. The Bertz CT molecular complexity index is 437. The Balaban J connectivity index is 2.11. The zero-order chi connectivity index (χ0) is 12.4. The smallest absolute Gasteiger partial charge is 0.468 e. The molecular weight excluding hydrogens is 221 g/mol. The lowest BCUT2D eigenvalue weighted by Gasteiger charge is -2.10. The van der Waals surface area contributed by atoms with Gasteiger partial charge in [-0.05, 0) is 23.0 Å². The Hall–Kier alpha value is -1.37. The monoisotopic (exact) mass is 235 g/mol. The van der Waals surface area contributed by atoms with Gasteiger partial charge in [0, 0.05) is 0 Å². The van der Waals surface area contributed by atoms with Gasteiger partial charge in [0.15, 0.2) is 0 Å². The molecule has 0 saturated carbocycles. The molecule has 0 saturated heterocycles. The lowest BCUT2D eigenvalue weighted by atomic mass is 9.79. The summed E-state index contributed by atoms with van der Waals surface area (Å²) in [6.07, 6.45) is 0.413. The van der Waals surface area contributed by atoms with E-state index in [0.717, 1.165) is 16.6 Å². The van der Waals surface area contributed by atoms with E-state index in [-0.39, 0.29) is 0 Å². The van der Waals surface area contributed by atoms with E-state index < -0.39 is 19.1 Å². The standard InChI is InChI=1S/C11H14BNO4/c1-16-11(14)10(13)5-7-2-3-9-8(4-7)6-17-12(9)15/h2-4,10,15H,5-6,13H2,1H3. The Kier molecular flexibility index (Phi) is 3.47. The van der Waals surface area contributed by atoms with Crippen molar-refractivity contribution < 1.29 is 19.2 Å². The number of nitrogens with two attached hydrogens (primary N) is 1. The highest BCUT2D eigenvalue weighted by molar-refractivity contribution is 6.61. The van der Waals surface area contributed by atoms with Crippen molar-refractivity contribution in [3.05, 3.63) is 29.3 Å². The molecule has 0 radical (unpaired) electrons. The molecule has 90 valence electrons. The molecule has 1 aromatic rings. The second-order valence-corrected chi connectivity index (χ2v) is 4.03. The van der Waals surface area contributed by atoms with Gasteiger partial charge in [0.25, 0.3) is 0 Å². The Morgan fingerprint density at radius 2 is 2.47 bits per heavy atom. The molecule has 1 heterocycles. The second kappa shape index (κ2) is 4.87. The van der Waals surface area contributed by atoms with Crippen LogP contribution in [-0.4, -0.2) is 31.3 Å². The number of rotatable bonds is 3. The van der Waals surface area contributed by atoms with Crippen molar-refractivity contribution in [1.29, 1.82) is 0 Å². The first-order valence-electron chi connectivity index (χ1n) is 5.36. The first-order chi connectivity index (χ1) is 8.11. The third-order valence-electron chi connectivity index (χ3n) is 2.83. The molecule has 6 heteroatoms. The molecule has 0 spiro atoms. The van der Waals surface area contributed by atoms with Crippen LogP contribution in [0.1, 0.15) is 11.1 Å². The third-order valence-corrected chi connectivity index (χ3v) is 2.83. The molecule has 5 nitrogen and oxygen atoms in total. The maximum Gasteiger partial charge on any atom is 0.491 e. The van der Waals surface area contributed by atoms with Gasteiger partial charge in [-0.15, -0.1) is 0 Å². The van der Waals surface area contributed by atoms with Crippen LogP contribution in [0.25, 0.3) is 0 Å². The van der Waals surface area contributed by atoms with E-state index in [0.29, 0.717) is 13.0 Å². The number of benzene rings is 1. The summed E-state index contributed by atoms with van der Waals surface area (Å²) < 4.78 is 9.65. The molecule has 0 aromatic heterocycles. The second-order valence-electron chi connectivity index (χ2n) is 4.03. The van der Waals surface area contributed by atoms with Crippen LogP contribution in [0, 0.1) is 0 Å². The van der Waals surface area contributed by atoms with E-state index in [1.807, 2.05) is 12.1 Å². The maximum atomic E-state index is 11.2. The van der Waals surface area contributed by atoms with Crippen LogP contribution < -0.4 is 11.2 Å². The zero-order valence-electron chi connectivity index (χ0n) is 9.55. The molecular formula is C11H14BNO4. The highest BCUT2D eigenvalue weighted by Gasteiger charge is 2.27. The van der Waals surface area contributed by atoms with Crippen LogP contribution in [-0.2, 0) is 27.2 Å². The summed E-state index contributed by atoms with van der Waals surface area (Å²) in [7, 11) is 0.475. The summed E-state index contributed by atoms with van der Waals surface area (Å²) in [5.41, 5.74) is 8.32. The molecule has 1 aliphatic rings. The molecule has 1 atom stereocenters. The molecule has 0 fully saturated rings. The van der Waals surface area contributed by atoms with Gasteiger partial charge in [-0.3, -0.25) is 4.79 Å². The van der Waals surface area contributed by atoms with Crippen molar-refractivity contribution in [2.75, 3.05) is 7.11 Å². The van der Waals surface area contributed by atoms with Crippen LogP contribution in [0.3, 0.4) is 0 Å². The van der Waals surface area contributed by atoms with Crippen LogP contribution in [0.15, 0.2) is 18.2 Å². The van der Waals surface area contributed by atoms with Gasteiger partial charge in [0.1, 0.15) is 6.04 Å². The Labute approximate surface area is 99.7 Å². The van der Waals surface area contributed by atoms with Gasteiger partial charge in [0.2, 0.25) is 0 Å². The van der Waals surface area contributed by atoms with Crippen molar-refractivity contribution in [2.24, 2.45) is 5.73 Å². The fraction of sp³-hybridized carbons (Fsp3) is 0.364. The summed E-state index contributed by atoms with van der Waals surface area (Å²) in [6, 6.07) is 4.87. The number of carbonyl (C=O) groups excluding carboxylic acids is 1. The van der Waals surface area contributed by atoms with Gasteiger partial charge in [-0.1, -0.05) is 18.2 Å². The van der Waals surface area contributed by atoms with E-state index in [4.69, 9.17) is 10.4 Å². The lowest BCUT2D eigenvalue weighted by Crippen LogP contribution is -2.34. The van der Waals surface area contributed by atoms with E-state index in [2.05, 4.69) is 4.74 Å². The van der Waals surface area contributed by atoms with Crippen LogP contribution in [0.2, 0.25) is 0 Å². The first-order valence-corrected chi connectivity index (χ1v) is 5.36. The van der Waals surface area contributed by atoms with E-state index in [1.165, 1.54) is 7.11 Å². The van der Waals surface area contributed by atoms with Crippen molar-refractivity contribution >= 4 is 18.6 Å². The number of methoxy groups -OCH3 is 1. The largest absolute Gasteiger partial charge is 0.491 e. The van der Waals surface area contributed by atoms with Crippen molar-refractivity contribution in [3.63, 3.8) is 0 Å². The highest BCUT2D eigenvalue weighted by Crippen LogP contribution is 2.13. The van der Waals surface area contributed by atoms with Crippen molar-refractivity contribution in [2.45, 2.75) is 19.1 Å². The predicted molar refractivity (Wildman–Crippen MR) is 62.5 cm³/mol. The number of hydrogen-bond acceptors (Lipinski definition) is 5. The summed E-state index contributed by atoms with van der Waals surface area (Å²) in [5, 5.41) is 9.46. The molecule has 3 N–H and O–H groups in total. The Morgan fingerprint density at radius 1 is 1.71 bits per heavy atom.